The minimum atomic E-state index is -1.02. The predicted molar refractivity (Wildman–Crippen MR) is 156 cm³/mol. The Kier molecular flexibility index (Phi) is 19.5. The van der Waals surface area contributed by atoms with Crippen LogP contribution in [0.15, 0.2) is 0 Å². The number of carbonyl (C=O) groups excluding carboxylic acids is 2. The molecule has 1 rings (SSSR count). The van der Waals surface area contributed by atoms with Gasteiger partial charge < -0.3 is 31.2 Å². The summed E-state index contributed by atoms with van der Waals surface area (Å²) in [4.78, 5) is 65.4. The third-order valence-corrected chi connectivity index (χ3v) is 7.18. The normalized spacial score (nSPS) is 18.3. The summed E-state index contributed by atoms with van der Waals surface area (Å²) in [6.07, 6.45) is 5.04. The number of hydrogen-bond acceptors (Lipinski definition) is 11. The summed E-state index contributed by atoms with van der Waals surface area (Å²) in [6.45, 7) is 5.03. The number of amides is 1. The Balaban J connectivity index is 2.77. The standard InChI is InChI=1S/C27H51N7O8/c1-2-3-5-9-30-27(42)22(28)7-4-6-8-29-23(21-35)34-16-14-32(19-25(38)39)12-10-31(18-24(36)37)11-13-33(15-17-34)20-26(40)41/h21-23,29H,2-20,28H2,1H3,(H,30,42)(H,36,37)(H,38,39)(H,40,41)/t22-,23?/m1/s1. The number of nitrogens with zero attached hydrogens (tertiary/aromatic N) is 4. The second-order valence-corrected chi connectivity index (χ2v) is 10.7. The van der Waals surface area contributed by atoms with Crippen molar-refractivity contribution < 1.29 is 39.3 Å². The van der Waals surface area contributed by atoms with Gasteiger partial charge in [-0.2, -0.15) is 0 Å². The fourth-order valence-electron chi connectivity index (χ4n) is 4.73. The molecule has 0 aromatic rings. The van der Waals surface area contributed by atoms with Crippen LogP contribution in [0.3, 0.4) is 0 Å². The topological polar surface area (TPSA) is 209 Å². The van der Waals surface area contributed by atoms with E-state index in [-0.39, 0.29) is 25.5 Å². The van der Waals surface area contributed by atoms with E-state index in [9.17, 15) is 39.3 Å². The van der Waals surface area contributed by atoms with Crippen LogP contribution in [0.2, 0.25) is 0 Å². The van der Waals surface area contributed by atoms with E-state index in [2.05, 4.69) is 17.6 Å². The summed E-state index contributed by atoms with van der Waals surface area (Å²) in [5, 5.41) is 34.1. The van der Waals surface area contributed by atoms with E-state index >= 15 is 0 Å². The molecule has 0 radical (unpaired) electrons. The van der Waals surface area contributed by atoms with Crippen LogP contribution >= 0.6 is 0 Å². The SMILES string of the molecule is CCCCCNC(=O)[C@H](N)CCCCNC(C=O)N1CCN(CC(=O)O)CCN(CC(=O)O)CCN(CC(=O)O)CC1. The second kappa shape index (κ2) is 21.9. The average molecular weight is 602 g/mol. The molecule has 1 heterocycles. The van der Waals surface area contributed by atoms with E-state index in [1.165, 1.54) is 0 Å². The highest BCUT2D eigenvalue weighted by atomic mass is 16.4. The maximum Gasteiger partial charge on any atom is 0.317 e. The Morgan fingerprint density at radius 2 is 1.19 bits per heavy atom. The Morgan fingerprint density at radius 1 is 0.738 bits per heavy atom. The van der Waals surface area contributed by atoms with Crippen LogP contribution in [0.1, 0.15) is 45.4 Å². The lowest BCUT2D eigenvalue weighted by Gasteiger charge is -2.35. The third kappa shape index (κ3) is 17.3. The summed E-state index contributed by atoms with van der Waals surface area (Å²) in [5.41, 5.74) is 6.01. The molecular formula is C27H51N7O8. The summed E-state index contributed by atoms with van der Waals surface area (Å²) < 4.78 is 0. The zero-order chi connectivity index (χ0) is 31.3. The number of aldehydes is 1. The largest absolute Gasteiger partial charge is 0.480 e. The molecule has 0 aromatic heterocycles. The second-order valence-electron chi connectivity index (χ2n) is 10.7. The first-order valence-electron chi connectivity index (χ1n) is 14.8. The Hall–Kier alpha value is -2.69. The van der Waals surface area contributed by atoms with E-state index < -0.39 is 30.1 Å². The predicted octanol–water partition coefficient (Wildman–Crippen LogP) is -1.62. The van der Waals surface area contributed by atoms with Crippen molar-refractivity contribution in [1.82, 2.24) is 30.2 Å². The molecule has 0 spiro atoms. The van der Waals surface area contributed by atoms with Crippen molar-refractivity contribution in [2.24, 2.45) is 5.73 Å². The minimum Gasteiger partial charge on any atom is -0.480 e. The van der Waals surface area contributed by atoms with E-state index in [0.29, 0.717) is 84.7 Å². The molecule has 1 amide bonds. The smallest absolute Gasteiger partial charge is 0.317 e. The highest BCUT2D eigenvalue weighted by Gasteiger charge is 2.23. The molecular weight excluding hydrogens is 550 g/mol. The van der Waals surface area contributed by atoms with Crippen molar-refractivity contribution in [1.29, 1.82) is 0 Å². The Morgan fingerprint density at radius 3 is 1.62 bits per heavy atom. The van der Waals surface area contributed by atoms with Gasteiger partial charge in [-0.05, 0) is 25.8 Å². The zero-order valence-electron chi connectivity index (χ0n) is 24.9. The van der Waals surface area contributed by atoms with Gasteiger partial charge >= 0.3 is 17.9 Å². The maximum atomic E-state index is 12.1. The first-order chi connectivity index (χ1) is 20.0. The number of hydrogen-bond donors (Lipinski definition) is 6. The molecule has 1 fully saturated rings. The van der Waals surface area contributed by atoms with Gasteiger partial charge in [0.05, 0.1) is 25.7 Å². The molecule has 0 aliphatic carbocycles. The first kappa shape index (κ1) is 37.3. The lowest BCUT2D eigenvalue weighted by molar-refractivity contribution is -0.140. The lowest BCUT2D eigenvalue weighted by Crippen LogP contribution is -2.54. The van der Waals surface area contributed by atoms with Gasteiger partial charge in [0.15, 0.2) is 6.29 Å². The van der Waals surface area contributed by atoms with Crippen LogP contribution in [0.25, 0.3) is 0 Å². The fraction of sp³-hybridized carbons (Fsp3) is 0.815. The highest BCUT2D eigenvalue weighted by molar-refractivity contribution is 5.81. The lowest BCUT2D eigenvalue weighted by atomic mass is 10.1. The van der Waals surface area contributed by atoms with Gasteiger partial charge in [0.1, 0.15) is 6.17 Å². The highest BCUT2D eigenvalue weighted by Crippen LogP contribution is 2.05. The molecule has 42 heavy (non-hydrogen) atoms. The van der Waals surface area contributed by atoms with Crippen LogP contribution in [-0.4, -0.2) is 162 Å². The van der Waals surface area contributed by atoms with Crippen LogP contribution < -0.4 is 16.4 Å². The average Bonchev–Trinajstić information content (AvgIpc) is 2.92. The van der Waals surface area contributed by atoms with E-state index in [1.54, 1.807) is 14.7 Å². The number of aliphatic carboxylic acids is 3. The molecule has 1 aliphatic rings. The number of carboxylic acids is 3. The first-order valence-corrected chi connectivity index (χ1v) is 14.8. The van der Waals surface area contributed by atoms with Gasteiger partial charge in [0, 0.05) is 58.9 Å². The van der Waals surface area contributed by atoms with Crippen LogP contribution in [0, 0.1) is 0 Å². The molecule has 242 valence electrons. The number of nitrogens with one attached hydrogen (secondary N) is 2. The molecule has 15 nitrogen and oxygen atoms in total. The van der Waals surface area contributed by atoms with Crippen LogP contribution in [0.4, 0.5) is 0 Å². The van der Waals surface area contributed by atoms with Gasteiger partial charge in [-0.25, -0.2) is 0 Å². The molecule has 1 saturated heterocycles. The van der Waals surface area contributed by atoms with Gasteiger partial charge in [-0.15, -0.1) is 0 Å². The van der Waals surface area contributed by atoms with E-state index in [0.717, 1.165) is 25.5 Å². The molecule has 7 N–H and O–H groups in total. The van der Waals surface area contributed by atoms with Crippen LogP contribution in [-0.2, 0) is 24.0 Å². The quantitative estimate of drug-likeness (QED) is 0.0726. The number of rotatable bonds is 19. The number of carbonyl (C=O) groups is 5. The van der Waals surface area contributed by atoms with Crippen molar-refractivity contribution in [3.8, 4) is 0 Å². The minimum absolute atomic E-state index is 0.160. The van der Waals surface area contributed by atoms with E-state index in [1.807, 2.05) is 4.90 Å². The Bertz CT molecular complexity index is 802. The third-order valence-electron chi connectivity index (χ3n) is 7.18. The van der Waals surface area contributed by atoms with Gasteiger partial charge in [0.2, 0.25) is 5.91 Å². The van der Waals surface area contributed by atoms with Gasteiger partial charge in [0.25, 0.3) is 0 Å². The van der Waals surface area contributed by atoms with Gasteiger partial charge in [-0.3, -0.25) is 44.1 Å². The molecule has 0 saturated carbocycles. The fourth-order valence-corrected chi connectivity index (χ4v) is 4.73. The number of unbranched alkanes of at least 4 members (excludes halogenated alkanes) is 3. The molecule has 1 aliphatic heterocycles. The van der Waals surface area contributed by atoms with Gasteiger partial charge in [-0.1, -0.05) is 26.2 Å². The maximum absolute atomic E-state index is 12.1. The van der Waals surface area contributed by atoms with Crippen molar-refractivity contribution >= 4 is 30.1 Å². The van der Waals surface area contributed by atoms with Crippen molar-refractivity contribution in [2.45, 2.75) is 57.7 Å². The summed E-state index contributed by atoms with van der Waals surface area (Å²) in [6, 6.07) is -0.588. The number of carboxylic acid groups (broad SMARTS) is 3. The molecule has 2 atom stereocenters. The van der Waals surface area contributed by atoms with Crippen LogP contribution in [0.5, 0.6) is 0 Å². The zero-order valence-corrected chi connectivity index (χ0v) is 24.9. The molecule has 0 bridgehead atoms. The Labute approximate surface area is 248 Å². The summed E-state index contributed by atoms with van der Waals surface area (Å²) in [7, 11) is 0. The summed E-state index contributed by atoms with van der Waals surface area (Å²) in [5.74, 6) is -3.20. The van der Waals surface area contributed by atoms with E-state index in [4.69, 9.17) is 5.73 Å². The molecule has 15 heteroatoms. The van der Waals surface area contributed by atoms with Crippen molar-refractivity contribution in [3.05, 3.63) is 0 Å². The van der Waals surface area contributed by atoms with Crippen molar-refractivity contribution in [3.63, 3.8) is 0 Å². The molecule has 0 aromatic carbocycles. The number of nitrogens with two attached hydrogens (primary N) is 1. The summed E-state index contributed by atoms with van der Waals surface area (Å²) >= 11 is 0. The van der Waals surface area contributed by atoms with Crippen molar-refractivity contribution in [2.75, 3.05) is 85.1 Å². The molecule has 1 unspecified atom stereocenters. The monoisotopic (exact) mass is 601 g/mol.